The number of aromatic hydroxyl groups is 1. The third-order valence-electron chi connectivity index (χ3n) is 2.86. The highest BCUT2D eigenvalue weighted by molar-refractivity contribution is 7.10. The first kappa shape index (κ1) is 12.9. The average molecular weight is 263 g/mol. The average Bonchev–Trinajstić information content (AvgIpc) is 2.77. The third kappa shape index (κ3) is 3.03. The van der Waals surface area contributed by atoms with Crippen LogP contribution in [0.3, 0.4) is 0 Å². The molecule has 2 rings (SSSR count). The van der Waals surface area contributed by atoms with Crippen molar-refractivity contribution in [2.75, 3.05) is 7.11 Å². The summed E-state index contributed by atoms with van der Waals surface area (Å²) in [6.45, 7) is 3.55. The lowest BCUT2D eigenvalue weighted by atomic mass is 10.2. The SMILES string of the molecule is COc1ccc(O)c(CNCc2sccc2C)c1. The van der Waals surface area contributed by atoms with E-state index in [1.54, 1.807) is 30.6 Å². The molecule has 1 aromatic carbocycles. The summed E-state index contributed by atoms with van der Waals surface area (Å²) in [6.07, 6.45) is 0. The van der Waals surface area contributed by atoms with Crippen LogP contribution >= 0.6 is 11.3 Å². The Morgan fingerprint density at radius 1 is 1.28 bits per heavy atom. The molecule has 0 fully saturated rings. The largest absolute Gasteiger partial charge is 0.508 e. The molecule has 0 bridgehead atoms. The third-order valence-corrected chi connectivity index (χ3v) is 3.88. The van der Waals surface area contributed by atoms with Crippen molar-refractivity contribution in [2.45, 2.75) is 20.0 Å². The first-order chi connectivity index (χ1) is 8.70. The summed E-state index contributed by atoms with van der Waals surface area (Å²) in [5.41, 5.74) is 2.16. The molecule has 0 aliphatic rings. The van der Waals surface area contributed by atoms with E-state index in [0.717, 1.165) is 17.9 Å². The van der Waals surface area contributed by atoms with Crippen LogP contribution in [0.2, 0.25) is 0 Å². The molecule has 96 valence electrons. The van der Waals surface area contributed by atoms with Crippen LogP contribution in [0.5, 0.6) is 11.5 Å². The lowest BCUT2D eigenvalue weighted by molar-refractivity contribution is 0.410. The van der Waals surface area contributed by atoms with Crippen molar-refractivity contribution in [2.24, 2.45) is 0 Å². The van der Waals surface area contributed by atoms with Gasteiger partial charge in [-0.1, -0.05) is 0 Å². The van der Waals surface area contributed by atoms with Crippen molar-refractivity contribution in [3.05, 3.63) is 45.6 Å². The molecule has 18 heavy (non-hydrogen) atoms. The Bertz CT molecular complexity index is 522. The van der Waals surface area contributed by atoms with E-state index in [0.29, 0.717) is 12.3 Å². The van der Waals surface area contributed by atoms with E-state index < -0.39 is 0 Å². The van der Waals surface area contributed by atoms with Crippen molar-refractivity contribution < 1.29 is 9.84 Å². The van der Waals surface area contributed by atoms with Gasteiger partial charge in [0, 0.05) is 23.5 Å². The van der Waals surface area contributed by atoms with E-state index in [-0.39, 0.29) is 0 Å². The van der Waals surface area contributed by atoms with Crippen LogP contribution < -0.4 is 10.1 Å². The van der Waals surface area contributed by atoms with Gasteiger partial charge >= 0.3 is 0 Å². The summed E-state index contributed by atoms with van der Waals surface area (Å²) in [5, 5.41) is 15.2. The summed E-state index contributed by atoms with van der Waals surface area (Å²) in [6, 6.07) is 7.38. The molecule has 0 aliphatic carbocycles. The Morgan fingerprint density at radius 2 is 2.11 bits per heavy atom. The fourth-order valence-electron chi connectivity index (χ4n) is 1.73. The van der Waals surface area contributed by atoms with E-state index >= 15 is 0 Å². The van der Waals surface area contributed by atoms with Crippen molar-refractivity contribution in [1.29, 1.82) is 0 Å². The molecular formula is C14H17NO2S. The van der Waals surface area contributed by atoms with E-state index in [4.69, 9.17) is 4.74 Å². The van der Waals surface area contributed by atoms with Gasteiger partial charge in [0.1, 0.15) is 11.5 Å². The molecule has 0 aliphatic heterocycles. The molecule has 3 nitrogen and oxygen atoms in total. The fourth-order valence-corrected chi connectivity index (χ4v) is 2.60. The predicted octanol–water partition coefficient (Wildman–Crippen LogP) is 3.06. The number of hydrogen-bond acceptors (Lipinski definition) is 4. The second kappa shape index (κ2) is 5.89. The first-order valence-corrected chi connectivity index (χ1v) is 6.68. The maximum absolute atomic E-state index is 9.75. The number of methoxy groups -OCH3 is 1. The van der Waals surface area contributed by atoms with Crippen LogP contribution in [0.15, 0.2) is 29.6 Å². The van der Waals surface area contributed by atoms with E-state index in [9.17, 15) is 5.11 Å². The summed E-state index contributed by atoms with van der Waals surface area (Å²) in [5.74, 6) is 1.06. The van der Waals surface area contributed by atoms with Gasteiger partial charge in [-0.05, 0) is 42.1 Å². The van der Waals surface area contributed by atoms with Crippen LogP contribution in [0, 0.1) is 6.92 Å². The summed E-state index contributed by atoms with van der Waals surface area (Å²) >= 11 is 1.75. The minimum Gasteiger partial charge on any atom is -0.508 e. The maximum Gasteiger partial charge on any atom is 0.120 e. The van der Waals surface area contributed by atoms with Crippen LogP contribution in [0.1, 0.15) is 16.0 Å². The van der Waals surface area contributed by atoms with Crippen LogP contribution in [-0.4, -0.2) is 12.2 Å². The molecule has 0 saturated heterocycles. The van der Waals surface area contributed by atoms with Gasteiger partial charge in [0.15, 0.2) is 0 Å². The number of aryl methyl sites for hydroxylation is 1. The Hall–Kier alpha value is -1.52. The normalized spacial score (nSPS) is 10.6. The summed E-state index contributed by atoms with van der Waals surface area (Å²) in [4.78, 5) is 1.33. The smallest absolute Gasteiger partial charge is 0.120 e. The number of rotatable bonds is 5. The molecular weight excluding hydrogens is 246 g/mol. The molecule has 0 atom stereocenters. The molecule has 0 amide bonds. The molecule has 1 heterocycles. The van der Waals surface area contributed by atoms with E-state index in [1.165, 1.54) is 10.4 Å². The number of thiophene rings is 1. The fraction of sp³-hybridized carbons (Fsp3) is 0.286. The highest BCUT2D eigenvalue weighted by Gasteiger charge is 2.04. The van der Waals surface area contributed by atoms with Crippen molar-refractivity contribution in [3.63, 3.8) is 0 Å². The lowest BCUT2D eigenvalue weighted by Crippen LogP contribution is -2.12. The monoisotopic (exact) mass is 263 g/mol. The minimum absolute atomic E-state index is 0.297. The van der Waals surface area contributed by atoms with Gasteiger partial charge in [-0.15, -0.1) is 11.3 Å². The van der Waals surface area contributed by atoms with E-state index in [1.807, 2.05) is 6.07 Å². The highest BCUT2D eigenvalue weighted by atomic mass is 32.1. The molecule has 2 aromatic rings. The molecule has 4 heteroatoms. The van der Waals surface area contributed by atoms with Gasteiger partial charge in [0.05, 0.1) is 7.11 Å². The molecule has 0 unspecified atom stereocenters. The van der Waals surface area contributed by atoms with Crippen molar-refractivity contribution >= 4 is 11.3 Å². The zero-order valence-corrected chi connectivity index (χ0v) is 11.4. The molecule has 2 N–H and O–H groups in total. The Kier molecular flexibility index (Phi) is 4.23. The molecule has 0 radical (unpaired) electrons. The summed E-state index contributed by atoms with van der Waals surface area (Å²) < 4.78 is 5.14. The number of phenols is 1. The standard InChI is InChI=1S/C14H17NO2S/c1-10-5-6-18-14(10)9-15-8-11-7-12(17-2)3-4-13(11)16/h3-7,15-16H,8-9H2,1-2H3. The number of nitrogens with one attached hydrogen (secondary N) is 1. The second-order valence-corrected chi connectivity index (χ2v) is 5.13. The zero-order chi connectivity index (χ0) is 13.0. The number of benzene rings is 1. The topological polar surface area (TPSA) is 41.5 Å². The number of hydrogen-bond donors (Lipinski definition) is 2. The van der Waals surface area contributed by atoms with Gasteiger partial charge in [0.25, 0.3) is 0 Å². The lowest BCUT2D eigenvalue weighted by Gasteiger charge is -2.08. The van der Waals surface area contributed by atoms with Gasteiger partial charge in [-0.3, -0.25) is 0 Å². The summed E-state index contributed by atoms with van der Waals surface area (Å²) in [7, 11) is 1.62. The van der Waals surface area contributed by atoms with Gasteiger partial charge in [-0.2, -0.15) is 0 Å². The Labute approximate surface area is 111 Å². The molecule has 0 saturated carbocycles. The second-order valence-electron chi connectivity index (χ2n) is 4.12. The van der Waals surface area contributed by atoms with Gasteiger partial charge in [0.2, 0.25) is 0 Å². The van der Waals surface area contributed by atoms with Crippen molar-refractivity contribution in [3.8, 4) is 11.5 Å². The molecule has 1 aromatic heterocycles. The van der Waals surface area contributed by atoms with E-state index in [2.05, 4.69) is 23.7 Å². The zero-order valence-electron chi connectivity index (χ0n) is 10.6. The Balaban J connectivity index is 1.96. The van der Waals surface area contributed by atoms with Gasteiger partial charge in [-0.25, -0.2) is 0 Å². The number of ether oxygens (including phenoxy) is 1. The number of phenolic OH excluding ortho intramolecular Hbond substituents is 1. The van der Waals surface area contributed by atoms with Crippen LogP contribution in [0.4, 0.5) is 0 Å². The first-order valence-electron chi connectivity index (χ1n) is 5.80. The maximum atomic E-state index is 9.75. The Morgan fingerprint density at radius 3 is 2.78 bits per heavy atom. The van der Waals surface area contributed by atoms with Crippen LogP contribution in [-0.2, 0) is 13.1 Å². The molecule has 0 spiro atoms. The van der Waals surface area contributed by atoms with Crippen molar-refractivity contribution in [1.82, 2.24) is 5.32 Å². The minimum atomic E-state index is 0.297. The quantitative estimate of drug-likeness (QED) is 0.871. The highest BCUT2D eigenvalue weighted by Crippen LogP contribution is 2.23. The predicted molar refractivity (Wildman–Crippen MR) is 74.3 cm³/mol. The van der Waals surface area contributed by atoms with Crippen LogP contribution in [0.25, 0.3) is 0 Å². The van der Waals surface area contributed by atoms with Gasteiger partial charge < -0.3 is 15.2 Å².